The summed E-state index contributed by atoms with van der Waals surface area (Å²) in [6.45, 7) is 1.18. The quantitative estimate of drug-likeness (QED) is 0.465. The Bertz CT molecular complexity index is 1190. The number of anilines is 1. The molecule has 0 saturated heterocycles. The summed E-state index contributed by atoms with van der Waals surface area (Å²) < 4.78 is 7.18. The minimum atomic E-state index is -0.287. The van der Waals surface area contributed by atoms with E-state index in [0.29, 0.717) is 52.5 Å². The molecule has 3 heterocycles. The number of benzene rings is 1. The molecule has 0 saturated carbocycles. The lowest BCUT2D eigenvalue weighted by Gasteiger charge is -2.08. The molecule has 148 valence electrons. The van der Waals surface area contributed by atoms with Crippen LogP contribution in [0, 0.1) is 0 Å². The van der Waals surface area contributed by atoms with Gasteiger partial charge in [0.25, 0.3) is 5.56 Å². The summed E-state index contributed by atoms with van der Waals surface area (Å²) in [6.07, 6.45) is 4.85. The average molecular weight is 431 g/mol. The summed E-state index contributed by atoms with van der Waals surface area (Å²) in [5.74, 6) is 1.00. The minimum Gasteiger partial charge on any atom is -0.490 e. The molecule has 0 fully saturated rings. The Hall–Kier alpha value is -3.10. The lowest BCUT2D eigenvalue weighted by Crippen LogP contribution is -2.18. The highest BCUT2D eigenvalue weighted by atomic mass is 35.5. The lowest BCUT2D eigenvalue weighted by molar-refractivity contribution is 0.292. The van der Waals surface area contributed by atoms with Crippen LogP contribution in [0.3, 0.4) is 0 Å². The van der Waals surface area contributed by atoms with Crippen molar-refractivity contribution in [1.82, 2.24) is 24.7 Å². The van der Waals surface area contributed by atoms with Crippen LogP contribution in [-0.4, -0.2) is 31.3 Å². The minimum absolute atomic E-state index is 0.287. The van der Waals surface area contributed by atoms with Gasteiger partial charge in [0, 0.05) is 12.7 Å². The first-order valence-corrected chi connectivity index (χ1v) is 9.52. The first-order valence-electron chi connectivity index (χ1n) is 8.76. The predicted octanol–water partition coefficient (Wildman–Crippen LogP) is 3.51. The molecule has 10 heteroatoms. The van der Waals surface area contributed by atoms with Gasteiger partial charge in [-0.2, -0.15) is 5.10 Å². The molecule has 0 unspecified atom stereocenters. The number of halogens is 2. The molecule has 2 N–H and O–H groups in total. The van der Waals surface area contributed by atoms with Crippen LogP contribution in [0.25, 0.3) is 11.0 Å². The third-order valence-electron chi connectivity index (χ3n) is 4.15. The molecule has 0 aliphatic rings. The van der Waals surface area contributed by atoms with Gasteiger partial charge in [-0.1, -0.05) is 29.3 Å². The molecule has 0 amide bonds. The van der Waals surface area contributed by atoms with Crippen LogP contribution in [-0.2, 0) is 13.1 Å². The van der Waals surface area contributed by atoms with E-state index >= 15 is 0 Å². The molecule has 4 aromatic rings. The number of fused-ring (bicyclic) bond motifs is 1. The van der Waals surface area contributed by atoms with Gasteiger partial charge in [0.2, 0.25) is 5.95 Å². The molecule has 4 rings (SSSR count). The molecule has 1 aromatic carbocycles. The molecule has 0 radical (unpaired) electrons. The van der Waals surface area contributed by atoms with Crippen molar-refractivity contribution in [3.63, 3.8) is 0 Å². The van der Waals surface area contributed by atoms with Crippen molar-refractivity contribution in [3.8, 4) is 5.75 Å². The number of nitrogens with zero attached hydrogens (tertiary/aromatic N) is 4. The van der Waals surface area contributed by atoms with E-state index in [0.717, 1.165) is 5.56 Å². The van der Waals surface area contributed by atoms with Crippen LogP contribution in [0.4, 0.5) is 5.95 Å². The van der Waals surface area contributed by atoms with E-state index in [-0.39, 0.29) is 5.56 Å². The second-order valence-corrected chi connectivity index (χ2v) is 6.97. The van der Waals surface area contributed by atoms with Crippen molar-refractivity contribution in [3.05, 3.63) is 74.9 Å². The largest absolute Gasteiger partial charge is 0.490 e. The first kappa shape index (κ1) is 19.2. The van der Waals surface area contributed by atoms with Gasteiger partial charge < -0.3 is 10.1 Å². The number of aromatic nitrogens is 5. The van der Waals surface area contributed by atoms with Gasteiger partial charge in [-0.25, -0.2) is 4.98 Å². The summed E-state index contributed by atoms with van der Waals surface area (Å²) >= 11 is 11.9. The third kappa shape index (κ3) is 4.49. The summed E-state index contributed by atoms with van der Waals surface area (Å²) in [6, 6.07) is 8.93. The molecule has 3 aromatic heterocycles. The highest BCUT2D eigenvalue weighted by Gasteiger charge is 2.11. The van der Waals surface area contributed by atoms with E-state index in [1.165, 1.54) is 0 Å². The van der Waals surface area contributed by atoms with Gasteiger partial charge in [-0.3, -0.25) is 19.4 Å². The van der Waals surface area contributed by atoms with Gasteiger partial charge in [0.1, 0.15) is 17.9 Å². The van der Waals surface area contributed by atoms with Crippen LogP contribution in [0.1, 0.15) is 5.56 Å². The van der Waals surface area contributed by atoms with Gasteiger partial charge in [-0.15, -0.1) is 0 Å². The van der Waals surface area contributed by atoms with Crippen molar-refractivity contribution in [2.75, 3.05) is 11.9 Å². The van der Waals surface area contributed by atoms with Crippen molar-refractivity contribution < 1.29 is 4.74 Å². The standard InChI is InChI=1S/C19H16Cl2N6O2/c20-14-4-3-12(8-15(14)21)9-23-19-25-16-11-24-27(17(16)18(28)26-19)6-7-29-13-2-1-5-22-10-13/h1-5,8,10-11H,6-7,9H2,(H2,23,25,26,28). The van der Waals surface area contributed by atoms with E-state index < -0.39 is 0 Å². The molecule has 0 aliphatic carbocycles. The number of hydrogen-bond donors (Lipinski definition) is 2. The van der Waals surface area contributed by atoms with Gasteiger partial charge in [0.15, 0.2) is 5.52 Å². The Morgan fingerprint density at radius 3 is 2.86 bits per heavy atom. The second-order valence-electron chi connectivity index (χ2n) is 6.16. The zero-order chi connectivity index (χ0) is 20.2. The lowest BCUT2D eigenvalue weighted by atomic mass is 10.2. The van der Waals surface area contributed by atoms with E-state index in [1.807, 2.05) is 12.1 Å². The first-order chi connectivity index (χ1) is 14.1. The van der Waals surface area contributed by atoms with Gasteiger partial charge >= 0.3 is 0 Å². The average Bonchev–Trinajstić information content (AvgIpc) is 3.13. The molecular formula is C19H16Cl2N6O2. The van der Waals surface area contributed by atoms with E-state index in [1.54, 1.807) is 41.5 Å². The monoisotopic (exact) mass is 430 g/mol. The maximum Gasteiger partial charge on any atom is 0.278 e. The van der Waals surface area contributed by atoms with E-state index in [9.17, 15) is 4.79 Å². The third-order valence-corrected chi connectivity index (χ3v) is 4.89. The van der Waals surface area contributed by atoms with Gasteiger partial charge in [0.05, 0.1) is 29.0 Å². The number of pyridine rings is 1. The second kappa shape index (κ2) is 8.50. The number of H-pyrrole nitrogens is 1. The summed E-state index contributed by atoms with van der Waals surface area (Å²) in [5, 5.41) is 8.28. The summed E-state index contributed by atoms with van der Waals surface area (Å²) in [5.41, 5.74) is 1.50. The highest BCUT2D eigenvalue weighted by Crippen LogP contribution is 2.22. The molecule has 0 spiro atoms. The molecular weight excluding hydrogens is 415 g/mol. The van der Waals surface area contributed by atoms with Crippen LogP contribution < -0.4 is 15.6 Å². The molecule has 0 bridgehead atoms. The number of aromatic amines is 1. The number of hydrogen-bond acceptors (Lipinski definition) is 6. The Kier molecular flexibility index (Phi) is 5.64. The van der Waals surface area contributed by atoms with Gasteiger partial charge in [-0.05, 0) is 29.8 Å². The molecule has 8 nitrogen and oxygen atoms in total. The van der Waals surface area contributed by atoms with E-state index in [4.69, 9.17) is 27.9 Å². The van der Waals surface area contributed by atoms with E-state index in [2.05, 4.69) is 25.4 Å². The van der Waals surface area contributed by atoms with Crippen LogP contribution in [0.5, 0.6) is 5.75 Å². The van der Waals surface area contributed by atoms with Crippen LogP contribution >= 0.6 is 23.2 Å². The zero-order valence-electron chi connectivity index (χ0n) is 15.1. The van der Waals surface area contributed by atoms with Crippen LogP contribution in [0.15, 0.2) is 53.7 Å². The van der Waals surface area contributed by atoms with Crippen molar-refractivity contribution in [2.24, 2.45) is 0 Å². The smallest absolute Gasteiger partial charge is 0.278 e. The maximum absolute atomic E-state index is 12.5. The Balaban J connectivity index is 1.45. The predicted molar refractivity (Wildman–Crippen MR) is 112 cm³/mol. The normalized spacial score (nSPS) is 11.0. The van der Waals surface area contributed by atoms with Crippen molar-refractivity contribution >= 4 is 40.2 Å². The molecule has 0 atom stereocenters. The zero-order valence-corrected chi connectivity index (χ0v) is 16.6. The SMILES string of the molecule is O=c1[nH]c(NCc2ccc(Cl)c(Cl)c2)nc2cnn(CCOc3cccnc3)c12. The number of ether oxygens (including phenoxy) is 1. The summed E-state index contributed by atoms with van der Waals surface area (Å²) in [7, 11) is 0. The fourth-order valence-corrected chi connectivity index (χ4v) is 3.10. The Morgan fingerprint density at radius 1 is 1.17 bits per heavy atom. The highest BCUT2D eigenvalue weighted by molar-refractivity contribution is 6.42. The number of rotatable bonds is 7. The van der Waals surface area contributed by atoms with Crippen LogP contribution in [0.2, 0.25) is 10.0 Å². The maximum atomic E-state index is 12.5. The number of nitrogens with one attached hydrogen (secondary N) is 2. The summed E-state index contributed by atoms with van der Waals surface area (Å²) in [4.78, 5) is 23.7. The fourth-order valence-electron chi connectivity index (χ4n) is 2.78. The topological polar surface area (TPSA) is 97.7 Å². The fraction of sp³-hybridized carbons (Fsp3) is 0.158. The van der Waals surface area contributed by atoms with Crippen molar-refractivity contribution in [2.45, 2.75) is 13.1 Å². The Morgan fingerprint density at radius 2 is 2.07 bits per heavy atom. The van der Waals surface area contributed by atoms with Crippen molar-refractivity contribution in [1.29, 1.82) is 0 Å². The molecule has 29 heavy (non-hydrogen) atoms. The Labute approximate surface area is 175 Å². The molecule has 0 aliphatic heterocycles.